The molecule has 0 amide bonds. The first-order chi connectivity index (χ1) is 5.24. The summed E-state index contributed by atoms with van der Waals surface area (Å²) in [5, 5.41) is 1.21. The summed E-state index contributed by atoms with van der Waals surface area (Å²) in [4.78, 5) is 8.05. The SMILES string of the molecule is C=C(Cl)c1cnc(SC)nc1. The molecule has 1 aromatic heterocycles. The number of halogens is 1. The lowest BCUT2D eigenvalue weighted by molar-refractivity contribution is 0.965. The van der Waals surface area contributed by atoms with Crippen LogP contribution in [0.1, 0.15) is 5.56 Å². The quantitative estimate of drug-likeness (QED) is 0.524. The molecule has 0 aliphatic heterocycles. The molecular formula is C7H7ClN2S. The van der Waals surface area contributed by atoms with Crippen molar-refractivity contribution in [3.63, 3.8) is 0 Å². The van der Waals surface area contributed by atoms with Crippen LogP contribution in [0.5, 0.6) is 0 Å². The van der Waals surface area contributed by atoms with Gasteiger partial charge in [0.15, 0.2) is 5.16 Å². The highest BCUT2D eigenvalue weighted by Crippen LogP contribution is 2.15. The summed E-state index contributed by atoms with van der Waals surface area (Å²) in [6, 6.07) is 0. The molecule has 0 radical (unpaired) electrons. The minimum atomic E-state index is 0.470. The Morgan fingerprint density at radius 3 is 2.45 bits per heavy atom. The van der Waals surface area contributed by atoms with E-state index in [0.29, 0.717) is 5.03 Å². The highest BCUT2D eigenvalue weighted by molar-refractivity contribution is 7.98. The van der Waals surface area contributed by atoms with Crippen molar-refractivity contribution in [1.29, 1.82) is 0 Å². The molecule has 0 bridgehead atoms. The number of hydrogen-bond donors (Lipinski definition) is 0. The maximum absolute atomic E-state index is 5.62. The molecule has 0 saturated carbocycles. The van der Waals surface area contributed by atoms with Crippen LogP contribution in [-0.2, 0) is 0 Å². The number of thioether (sulfide) groups is 1. The van der Waals surface area contributed by atoms with Crippen molar-refractivity contribution in [1.82, 2.24) is 9.97 Å². The first kappa shape index (κ1) is 8.56. The summed E-state index contributed by atoms with van der Waals surface area (Å²) in [6.45, 7) is 3.56. The third-order valence-electron chi connectivity index (χ3n) is 1.12. The van der Waals surface area contributed by atoms with E-state index in [1.165, 1.54) is 11.8 Å². The third kappa shape index (κ3) is 2.20. The molecule has 0 aliphatic rings. The van der Waals surface area contributed by atoms with Crippen LogP contribution in [0.25, 0.3) is 5.03 Å². The van der Waals surface area contributed by atoms with Crippen LogP contribution in [0.4, 0.5) is 0 Å². The minimum absolute atomic E-state index is 0.470. The van der Waals surface area contributed by atoms with Crippen LogP contribution < -0.4 is 0 Å². The Morgan fingerprint density at radius 2 is 2.09 bits per heavy atom. The van der Waals surface area contributed by atoms with Crippen LogP contribution in [0.2, 0.25) is 0 Å². The molecule has 0 aromatic carbocycles. The molecule has 11 heavy (non-hydrogen) atoms. The maximum Gasteiger partial charge on any atom is 0.187 e. The van der Waals surface area contributed by atoms with Gasteiger partial charge in [-0.2, -0.15) is 0 Å². The molecule has 1 rings (SSSR count). The van der Waals surface area contributed by atoms with Gasteiger partial charge in [-0.25, -0.2) is 9.97 Å². The lowest BCUT2D eigenvalue weighted by atomic mass is 10.3. The summed E-state index contributed by atoms with van der Waals surface area (Å²) in [5.41, 5.74) is 0.768. The van der Waals surface area contributed by atoms with Crippen molar-refractivity contribution in [2.45, 2.75) is 5.16 Å². The molecule has 0 spiro atoms. The predicted molar refractivity (Wildman–Crippen MR) is 48.7 cm³/mol. The predicted octanol–water partition coefficient (Wildman–Crippen LogP) is 2.41. The highest BCUT2D eigenvalue weighted by atomic mass is 35.5. The van der Waals surface area contributed by atoms with Gasteiger partial charge in [-0.1, -0.05) is 29.9 Å². The van der Waals surface area contributed by atoms with Crippen molar-refractivity contribution in [3.8, 4) is 0 Å². The normalized spacial score (nSPS) is 9.64. The van der Waals surface area contributed by atoms with E-state index in [1.54, 1.807) is 12.4 Å². The zero-order chi connectivity index (χ0) is 8.27. The van der Waals surface area contributed by atoms with E-state index >= 15 is 0 Å². The molecule has 4 heteroatoms. The van der Waals surface area contributed by atoms with Gasteiger partial charge in [0.25, 0.3) is 0 Å². The molecule has 0 N–H and O–H groups in total. The lowest BCUT2D eigenvalue weighted by Crippen LogP contribution is -1.86. The second kappa shape index (κ2) is 3.74. The first-order valence-corrected chi connectivity index (χ1v) is 4.55. The summed E-state index contributed by atoms with van der Waals surface area (Å²) >= 11 is 7.11. The molecule has 0 saturated heterocycles. The van der Waals surface area contributed by atoms with Gasteiger partial charge in [0, 0.05) is 23.0 Å². The van der Waals surface area contributed by atoms with Gasteiger partial charge in [0.2, 0.25) is 0 Å². The fourth-order valence-electron chi connectivity index (χ4n) is 0.562. The minimum Gasteiger partial charge on any atom is -0.230 e. The Kier molecular flexibility index (Phi) is 2.91. The Balaban J connectivity index is 2.91. The zero-order valence-corrected chi connectivity index (χ0v) is 7.61. The fraction of sp³-hybridized carbons (Fsp3) is 0.143. The molecule has 0 unspecified atom stereocenters. The average Bonchev–Trinajstić information content (AvgIpc) is 2.05. The molecule has 0 atom stereocenters. The Labute approximate surface area is 74.7 Å². The van der Waals surface area contributed by atoms with E-state index in [9.17, 15) is 0 Å². The van der Waals surface area contributed by atoms with Crippen LogP contribution in [-0.4, -0.2) is 16.2 Å². The van der Waals surface area contributed by atoms with E-state index in [0.717, 1.165) is 10.7 Å². The van der Waals surface area contributed by atoms with Crippen LogP contribution >= 0.6 is 23.4 Å². The number of rotatable bonds is 2. The number of aromatic nitrogens is 2. The van der Waals surface area contributed by atoms with Gasteiger partial charge < -0.3 is 0 Å². The third-order valence-corrected chi connectivity index (χ3v) is 1.92. The molecule has 0 fully saturated rings. The van der Waals surface area contributed by atoms with Crippen molar-refractivity contribution in [2.75, 3.05) is 6.26 Å². The molecular weight excluding hydrogens is 180 g/mol. The molecule has 58 valence electrons. The molecule has 0 aliphatic carbocycles. The van der Waals surface area contributed by atoms with E-state index in [-0.39, 0.29) is 0 Å². The van der Waals surface area contributed by atoms with E-state index in [4.69, 9.17) is 11.6 Å². The van der Waals surface area contributed by atoms with Crippen molar-refractivity contribution in [2.24, 2.45) is 0 Å². The second-order valence-electron chi connectivity index (χ2n) is 1.86. The van der Waals surface area contributed by atoms with Gasteiger partial charge in [0.1, 0.15) is 0 Å². The van der Waals surface area contributed by atoms with Crippen LogP contribution in [0.15, 0.2) is 24.1 Å². The summed E-state index contributed by atoms with van der Waals surface area (Å²) in [7, 11) is 0. The van der Waals surface area contributed by atoms with Gasteiger partial charge in [-0.15, -0.1) is 0 Å². The van der Waals surface area contributed by atoms with E-state index in [1.807, 2.05) is 6.26 Å². The molecule has 2 nitrogen and oxygen atoms in total. The smallest absolute Gasteiger partial charge is 0.187 e. The van der Waals surface area contributed by atoms with Crippen molar-refractivity contribution in [3.05, 3.63) is 24.5 Å². The van der Waals surface area contributed by atoms with Gasteiger partial charge in [0.05, 0.1) is 0 Å². The van der Waals surface area contributed by atoms with Gasteiger partial charge in [-0.3, -0.25) is 0 Å². The van der Waals surface area contributed by atoms with E-state index in [2.05, 4.69) is 16.5 Å². The largest absolute Gasteiger partial charge is 0.230 e. The lowest BCUT2D eigenvalue weighted by Gasteiger charge is -1.96. The number of hydrogen-bond acceptors (Lipinski definition) is 3. The second-order valence-corrected chi connectivity index (χ2v) is 3.09. The van der Waals surface area contributed by atoms with Gasteiger partial charge >= 0.3 is 0 Å². The average molecular weight is 187 g/mol. The van der Waals surface area contributed by atoms with Crippen LogP contribution in [0, 0.1) is 0 Å². The Morgan fingerprint density at radius 1 is 1.55 bits per heavy atom. The topological polar surface area (TPSA) is 25.8 Å². The first-order valence-electron chi connectivity index (χ1n) is 2.95. The fourth-order valence-corrected chi connectivity index (χ4v) is 0.976. The summed E-state index contributed by atoms with van der Waals surface area (Å²) < 4.78 is 0. The van der Waals surface area contributed by atoms with Gasteiger partial charge in [-0.05, 0) is 6.26 Å². The van der Waals surface area contributed by atoms with Crippen molar-refractivity contribution < 1.29 is 0 Å². The monoisotopic (exact) mass is 186 g/mol. The van der Waals surface area contributed by atoms with Crippen molar-refractivity contribution >= 4 is 28.4 Å². The number of nitrogens with zero attached hydrogens (tertiary/aromatic N) is 2. The Bertz CT molecular complexity index is 258. The summed E-state index contributed by atoms with van der Waals surface area (Å²) in [6.07, 6.45) is 5.24. The highest BCUT2D eigenvalue weighted by Gasteiger charge is 1.96. The summed E-state index contributed by atoms with van der Waals surface area (Å²) in [5.74, 6) is 0. The Hall–Kier alpha value is -0.540. The zero-order valence-electron chi connectivity index (χ0n) is 6.04. The molecule has 1 aromatic rings. The standard InChI is InChI=1S/C7H7ClN2S/c1-5(8)6-3-9-7(11-2)10-4-6/h3-4H,1H2,2H3. The maximum atomic E-state index is 5.62. The van der Waals surface area contributed by atoms with Crippen LogP contribution in [0.3, 0.4) is 0 Å². The molecule has 1 heterocycles. The van der Waals surface area contributed by atoms with E-state index < -0.39 is 0 Å².